The van der Waals surface area contributed by atoms with Crippen LogP contribution in [-0.2, 0) is 11.3 Å². The molecule has 0 aliphatic heterocycles. The van der Waals surface area contributed by atoms with E-state index in [1.807, 2.05) is 37.4 Å². The van der Waals surface area contributed by atoms with Crippen molar-refractivity contribution in [3.8, 4) is 0 Å². The molecule has 100 valence electrons. The van der Waals surface area contributed by atoms with Gasteiger partial charge in [-0.05, 0) is 34.7 Å². The van der Waals surface area contributed by atoms with Gasteiger partial charge in [0.25, 0.3) is 0 Å². The Morgan fingerprint density at radius 1 is 1.21 bits per heavy atom. The summed E-state index contributed by atoms with van der Waals surface area (Å²) in [6, 6.07) is 9.91. The fraction of sp³-hybridized carbons (Fsp3) is 0.231. The molecule has 5 nitrogen and oxygen atoms in total. The number of methoxy groups -OCH3 is 1. The van der Waals surface area contributed by atoms with E-state index in [4.69, 9.17) is 4.74 Å². The molecule has 0 aliphatic carbocycles. The predicted molar refractivity (Wildman–Crippen MR) is 84.7 cm³/mol. The molecule has 1 heterocycles. The van der Waals surface area contributed by atoms with Crippen LogP contribution in [0.1, 0.15) is 5.82 Å². The first kappa shape index (κ1) is 14.0. The van der Waals surface area contributed by atoms with Crippen LogP contribution in [-0.4, -0.2) is 24.1 Å². The van der Waals surface area contributed by atoms with Crippen LogP contribution in [0.15, 0.2) is 30.3 Å². The maximum absolute atomic E-state index is 5.07. The molecule has 0 spiro atoms. The Labute approximate surface area is 125 Å². The smallest absolute Gasteiger partial charge is 0.158 e. The third-order valence-corrected chi connectivity index (χ3v) is 3.38. The second-order valence-electron chi connectivity index (χ2n) is 3.84. The molecule has 0 saturated carbocycles. The Hall–Kier alpha value is -1.41. The number of anilines is 3. The van der Waals surface area contributed by atoms with Gasteiger partial charge < -0.3 is 15.4 Å². The Bertz CT molecular complexity index is 562. The van der Waals surface area contributed by atoms with Gasteiger partial charge in [-0.25, -0.2) is 9.97 Å². The molecule has 1 aromatic carbocycles. The lowest BCUT2D eigenvalue weighted by Crippen LogP contribution is -2.05. The molecule has 0 unspecified atom stereocenters. The van der Waals surface area contributed by atoms with Crippen molar-refractivity contribution in [2.75, 3.05) is 24.8 Å². The monoisotopic (exact) mass is 370 g/mol. The quantitative estimate of drug-likeness (QED) is 0.793. The highest BCUT2D eigenvalue weighted by Crippen LogP contribution is 2.22. The third kappa shape index (κ3) is 3.77. The Morgan fingerprint density at radius 3 is 2.63 bits per heavy atom. The summed E-state index contributed by atoms with van der Waals surface area (Å²) < 4.78 is 6.21. The van der Waals surface area contributed by atoms with Gasteiger partial charge in [-0.2, -0.15) is 0 Å². The predicted octanol–water partition coefficient (Wildman–Crippen LogP) is 3.01. The zero-order valence-electron chi connectivity index (χ0n) is 10.8. The number of ether oxygens (including phenoxy) is 1. The summed E-state index contributed by atoms with van der Waals surface area (Å²) in [6.45, 7) is 0.385. The summed E-state index contributed by atoms with van der Waals surface area (Å²) in [7, 11) is 3.46. The van der Waals surface area contributed by atoms with E-state index in [-0.39, 0.29) is 0 Å². The lowest BCUT2D eigenvalue weighted by molar-refractivity contribution is 0.178. The minimum Gasteiger partial charge on any atom is -0.377 e. The molecule has 0 aliphatic rings. The first-order valence-electron chi connectivity index (χ1n) is 5.79. The fourth-order valence-electron chi connectivity index (χ4n) is 1.58. The van der Waals surface area contributed by atoms with Gasteiger partial charge in [-0.1, -0.05) is 12.1 Å². The zero-order chi connectivity index (χ0) is 13.7. The van der Waals surface area contributed by atoms with E-state index in [0.717, 1.165) is 20.9 Å². The summed E-state index contributed by atoms with van der Waals surface area (Å²) in [4.78, 5) is 8.73. The van der Waals surface area contributed by atoms with Crippen molar-refractivity contribution in [3.63, 3.8) is 0 Å². The summed E-state index contributed by atoms with van der Waals surface area (Å²) >= 11 is 2.28. The first-order valence-corrected chi connectivity index (χ1v) is 6.87. The van der Waals surface area contributed by atoms with Gasteiger partial charge in [-0.3, -0.25) is 0 Å². The van der Waals surface area contributed by atoms with Crippen molar-refractivity contribution < 1.29 is 4.74 Å². The number of hydrogen-bond donors (Lipinski definition) is 2. The van der Waals surface area contributed by atoms with Gasteiger partial charge >= 0.3 is 0 Å². The average molecular weight is 370 g/mol. The number of aromatic nitrogens is 2. The molecular weight excluding hydrogens is 355 g/mol. The van der Waals surface area contributed by atoms with Crippen molar-refractivity contribution in [1.82, 2.24) is 9.97 Å². The summed E-state index contributed by atoms with van der Waals surface area (Å²) in [6.07, 6.45) is 0. The Kier molecular flexibility index (Phi) is 4.92. The number of nitrogens with one attached hydrogen (secondary N) is 2. The van der Waals surface area contributed by atoms with Crippen LogP contribution in [0.3, 0.4) is 0 Å². The highest BCUT2D eigenvalue weighted by Gasteiger charge is 2.05. The maximum atomic E-state index is 5.07. The molecule has 2 N–H and O–H groups in total. The van der Waals surface area contributed by atoms with Gasteiger partial charge in [0.05, 0.1) is 5.69 Å². The average Bonchev–Trinajstić information content (AvgIpc) is 2.41. The number of hydrogen-bond acceptors (Lipinski definition) is 5. The fourth-order valence-corrected chi connectivity index (χ4v) is 2.11. The molecule has 0 bridgehead atoms. The largest absolute Gasteiger partial charge is 0.377 e. The van der Waals surface area contributed by atoms with E-state index in [9.17, 15) is 0 Å². The minimum atomic E-state index is 0.385. The number of halogens is 1. The van der Waals surface area contributed by atoms with Gasteiger partial charge in [0.1, 0.15) is 18.2 Å². The zero-order valence-corrected chi connectivity index (χ0v) is 12.9. The number of nitrogens with zero attached hydrogens (tertiary/aromatic N) is 2. The van der Waals surface area contributed by atoms with Crippen LogP contribution >= 0.6 is 22.6 Å². The highest BCUT2D eigenvalue weighted by molar-refractivity contribution is 14.1. The van der Waals surface area contributed by atoms with E-state index in [2.05, 4.69) is 43.2 Å². The molecular formula is C13H15IN4O. The number of para-hydroxylation sites is 1. The molecule has 1 aromatic heterocycles. The van der Waals surface area contributed by atoms with Gasteiger partial charge in [0, 0.05) is 23.8 Å². The molecule has 0 fully saturated rings. The lowest BCUT2D eigenvalue weighted by atomic mass is 10.3. The lowest BCUT2D eigenvalue weighted by Gasteiger charge is -2.10. The van der Waals surface area contributed by atoms with E-state index in [1.165, 1.54) is 0 Å². The van der Waals surface area contributed by atoms with E-state index in [1.54, 1.807) is 7.11 Å². The SMILES string of the molecule is CNc1cc(Nc2ccccc2I)nc(COC)n1. The van der Waals surface area contributed by atoms with E-state index in [0.29, 0.717) is 12.4 Å². The molecule has 0 saturated heterocycles. The normalized spacial score (nSPS) is 10.3. The first-order chi connectivity index (χ1) is 9.22. The minimum absolute atomic E-state index is 0.385. The topological polar surface area (TPSA) is 59.1 Å². The Balaban J connectivity index is 2.29. The van der Waals surface area contributed by atoms with Crippen LogP contribution in [0, 0.1) is 3.57 Å². The van der Waals surface area contributed by atoms with Crippen LogP contribution in [0.4, 0.5) is 17.3 Å². The molecule has 0 atom stereocenters. The summed E-state index contributed by atoms with van der Waals surface area (Å²) in [5.41, 5.74) is 1.02. The summed E-state index contributed by atoms with van der Waals surface area (Å²) in [5, 5.41) is 6.31. The van der Waals surface area contributed by atoms with Crippen molar-refractivity contribution in [3.05, 3.63) is 39.7 Å². The Morgan fingerprint density at radius 2 is 1.95 bits per heavy atom. The van der Waals surface area contributed by atoms with Gasteiger partial charge in [0.2, 0.25) is 0 Å². The van der Waals surface area contributed by atoms with Crippen LogP contribution in [0.25, 0.3) is 0 Å². The van der Waals surface area contributed by atoms with Gasteiger partial charge in [0.15, 0.2) is 5.82 Å². The molecule has 2 aromatic rings. The number of rotatable bonds is 5. The van der Waals surface area contributed by atoms with Gasteiger partial charge in [-0.15, -0.1) is 0 Å². The standard InChI is InChI=1S/C13H15IN4O/c1-15-11-7-12(18-13(17-11)8-19-2)16-10-6-4-3-5-9(10)14/h3-7H,8H2,1-2H3,(H2,15,16,17,18). The van der Waals surface area contributed by atoms with E-state index < -0.39 is 0 Å². The van der Waals surface area contributed by atoms with Crippen molar-refractivity contribution in [2.45, 2.75) is 6.61 Å². The maximum Gasteiger partial charge on any atom is 0.158 e. The summed E-state index contributed by atoms with van der Waals surface area (Å²) in [5.74, 6) is 2.15. The molecule has 2 rings (SSSR count). The van der Waals surface area contributed by atoms with Crippen LogP contribution in [0.2, 0.25) is 0 Å². The second kappa shape index (κ2) is 6.67. The van der Waals surface area contributed by atoms with Crippen molar-refractivity contribution in [1.29, 1.82) is 0 Å². The van der Waals surface area contributed by atoms with E-state index >= 15 is 0 Å². The molecule has 19 heavy (non-hydrogen) atoms. The second-order valence-corrected chi connectivity index (χ2v) is 5.00. The molecule has 6 heteroatoms. The van der Waals surface area contributed by atoms with Crippen molar-refractivity contribution in [2.24, 2.45) is 0 Å². The number of benzene rings is 1. The molecule has 0 amide bonds. The third-order valence-electron chi connectivity index (χ3n) is 2.44. The highest BCUT2D eigenvalue weighted by atomic mass is 127. The van der Waals surface area contributed by atoms with Crippen LogP contribution in [0.5, 0.6) is 0 Å². The van der Waals surface area contributed by atoms with Crippen molar-refractivity contribution >= 4 is 39.9 Å². The van der Waals surface area contributed by atoms with Crippen LogP contribution < -0.4 is 10.6 Å². The molecule has 0 radical (unpaired) electrons.